The molecule has 1 aromatic heterocycles. The Morgan fingerprint density at radius 3 is 1.51 bits per heavy atom. The average molecular weight is 615 g/mol. The highest BCUT2D eigenvalue weighted by Gasteiger charge is 2.21. The summed E-state index contributed by atoms with van der Waals surface area (Å²) >= 11 is 1.93. The minimum absolute atomic E-state index is 1.19. The first-order valence-corrected chi connectivity index (χ1v) is 17.7. The van der Waals surface area contributed by atoms with Gasteiger partial charge in [0.1, 0.15) is 0 Å². The molecule has 0 amide bonds. The van der Waals surface area contributed by atoms with Crippen LogP contribution in [-0.2, 0) is 25.7 Å². The number of rotatable bonds is 3. The Morgan fingerprint density at radius 1 is 0.319 bits per heavy atom. The van der Waals surface area contributed by atoms with Gasteiger partial charge in [0.2, 0.25) is 0 Å². The summed E-state index contributed by atoms with van der Waals surface area (Å²) in [7, 11) is 0. The molecule has 0 unspecified atom stereocenters. The Balaban J connectivity index is 1.16. The summed E-state index contributed by atoms with van der Waals surface area (Å²) in [6.45, 7) is 0. The van der Waals surface area contributed by atoms with Crippen LogP contribution in [0.5, 0.6) is 0 Å². The van der Waals surface area contributed by atoms with Crippen LogP contribution in [0.3, 0.4) is 0 Å². The predicted molar refractivity (Wildman–Crippen MR) is 203 cm³/mol. The van der Waals surface area contributed by atoms with Gasteiger partial charge in [-0.1, -0.05) is 109 Å². The van der Waals surface area contributed by atoms with Crippen molar-refractivity contribution in [2.24, 2.45) is 0 Å². The third-order valence-electron chi connectivity index (χ3n) is 11.0. The second-order valence-electron chi connectivity index (χ2n) is 13.5. The van der Waals surface area contributed by atoms with Gasteiger partial charge in [-0.3, -0.25) is 0 Å². The molecule has 2 aliphatic rings. The summed E-state index contributed by atoms with van der Waals surface area (Å²) < 4.78 is 2.79. The van der Waals surface area contributed by atoms with Crippen molar-refractivity contribution in [3.05, 3.63) is 156 Å². The Labute approximate surface area is 277 Å². The van der Waals surface area contributed by atoms with E-state index in [0.717, 1.165) is 0 Å². The van der Waals surface area contributed by atoms with Crippen LogP contribution >= 0.6 is 11.3 Å². The number of fused-ring (bicyclic) bond motifs is 8. The van der Waals surface area contributed by atoms with Crippen LogP contribution < -0.4 is 0 Å². The van der Waals surface area contributed by atoms with E-state index in [2.05, 4.69) is 133 Å². The summed E-state index contributed by atoms with van der Waals surface area (Å²) in [5.74, 6) is 0. The molecule has 0 saturated carbocycles. The van der Waals surface area contributed by atoms with Gasteiger partial charge in [-0.15, -0.1) is 11.3 Å². The maximum atomic E-state index is 2.46. The first-order chi connectivity index (χ1) is 23.3. The van der Waals surface area contributed by atoms with Crippen molar-refractivity contribution in [1.29, 1.82) is 0 Å². The van der Waals surface area contributed by atoms with Gasteiger partial charge in [0.25, 0.3) is 0 Å². The summed E-state index contributed by atoms with van der Waals surface area (Å²) in [5.41, 5.74) is 13.9. The molecule has 0 spiro atoms. The first kappa shape index (κ1) is 25.9. The zero-order valence-corrected chi connectivity index (χ0v) is 26.8. The molecular formula is C46H30S. The Morgan fingerprint density at radius 2 is 0.851 bits per heavy atom. The normalized spacial score (nSPS) is 13.6. The van der Waals surface area contributed by atoms with Gasteiger partial charge in [-0.05, 0) is 138 Å². The van der Waals surface area contributed by atoms with E-state index in [-0.39, 0.29) is 0 Å². The van der Waals surface area contributed by atoms with E-state index < -0.39 is 0 Å². The molecule has 47 heavy (non-hydrogen) atoms. The maximum absolute atomic E-state index is 2.46. The van der Waals surface area contributed by atoms with Crippen molar-refractivity contribution in [3.63, 3.8) is 0 Å². The fourth-order valence-corrected chi connectivity index (χ4v) is 9.62. The fourth-order valence-electron chi connectivity index (χ4n) is 8.48. The molecule has 9 aromatic rings. The molecular weight excluding hydrogens is 585 g/mol. The topological polar surface area (TPSA) is 0 Å². The van der Waals surface area contributed by atoms with E-state index in [1.54, 1.807) is 0 Å². The number of hydrogen-bond donors (Lipinski definition) is 0. The number of thiophene rings is 1. The van der Waals surface area contributed by atoms with Crippen molar-refractivity contribution in [3.8, 4) is 33.4 Å². The standard InChI is InChI=1S/C46H30S/c1-2-8-35-34(7-1)33(31-19-22-43-41(25-31)42-24-29-16-17-30(29)26-44(42)47-43)20-21-40(35)46-38-11-5-3-9-36(38)45(37-10-4-6-12-39(37)46)32-18-14-27-13-15-28(27)23-32/h1-12,14,18-26H,13,15-17H2. The zero-order valence-electron chi connectivity index (χ0n) is 25.9. The highest BCUT2D eigenvalue weighted by atomic mass is 32.1. The minimum Gasteiger partial charge on any atom is -0.135 e. The molecule has 0 radical (unpaired) electrons. The van der Waals surface area contributed by atoms with Gasteiger partial charge < -0.3 is 0 Å². The largest absolute Gasteiger partial charge is 0.135 e. The molecule has 0 bridgehead atoms. The molecule has 220 valence electrons. The van der Waals surface area contributed by atoms with Crippen LogP contribution in [0.25, 0.3) is 85.9 Å². The lowest BCUT2D eigenvalue weighted by molar-refractivity contribution is 0.840. The molecule has 0 saturated heterocycles. The lowest BCUT2D eigenvalue weighted by atomic mass is 9.81. The van der Waals surface area contributed by atoms with Crippen molar-refractivity contribution in [2.75, 3.05) is 0 Å². The SMILES string of the molecule is c1ccc2c(-c3c4ccccc4c(-c4ccc5c(c4)CC5)c4ccccc34)ccc(-c3ccc4sc5cc6c(cc5c4c3)CC6)c2c1. The number of hydrogen-bond acceptors (Lipinski definition) is 1. The van der Waals surface area contributed by atoms with Crippen LogP contribution in [0.15, 0.2) is 133 Å². The Kier molecular flexibility index (Phi) is 5.31. The molecule has 1 heterocycles. The van der Waals surface area contributed by atoms with Crippen LogP contribution in [-0.4, -0.2) is 0 Å². The summed E-state index contributed by atoms with van der Waals surface area (Å²) in [4.78, 5) is 0. The molecule has 11 rings (SSSR count). The molecule has 0 nitrogen and oxygen atoms in total. The van der Waals surface area contributed by atoms with E-state index in [4.69, 9.17) is 0 Å². The third-order valence-corrected chi connectivity index (χ3v) is 12.2. The lowest BCUT2D eigenvalue weighted by Gasteiger charge is -2.22. The fraction of sp³-hybridized carbons (Fsp3) is 0.0870. The van der Waals surface area contributed by atoms with Gasteiger partial charge in [0, 0.05) is 20.2 Å². The molecule has 0 fully saturated rings. The predicted octanol–water partition coefficient (Wildman–Crippen LogP) is 12.7. The Hall–Kier alpha value is -5.24. The number of aryl methyl sites for hydroxylation is 4. The zero-order chi connectivity index (χ0) is 30.6. The minimum atomic E-state index is 1.19. The highest BCUT2D eigenvalue weighted by Crippen LogP contribution is 2.47. The summed E-state index contributed by atoms with van der Waals surface area (Å²) in [6.07, 6.45) is 4.84. The van der Waals surface area contributed by atoms with Crippen molar-refractivity contribution in [1.82, 2.24) is 0 Å². The van der Waals surface area contributed by atoms with E-state index in [1.807, 2.05) is 11.3 Å². The van der Waals surface area contributed by atoms with Crippen LogP contribution in [0, 0.1) is 0 Å². The van der Waals surface area contributed by atoms with E-state index in [1.165, 1.54) is 134 Å². The highest BCUT2D eigenvalue weighted by molar-refractivity contribution is 7.25. The van der Waals surface area contributed by atoms with E-state index in [0.29, 0.717) is 0 Å². The quantitative estimate of drug-likeness (QED) is 0.174. The van der Waals surface area contributed by atoms with Gasteiger partial charge >= 0.3 is 0 Å². The Bertz CT molecular complexity index is 2740. The monoisotopic (exact) mass is 614 g/mol. The van der Waals surface area contributed by atoms with Gasteiger partial charge in [-0.25, -0.2) is 0 Å². The second-order valence-corrected chi connectivity index (χ2v) is 14.5. The summed E-state index contributed by atoms with van der Waals surface area (Å²) in [5, 5.41) is 10.6. The average Bonchev–Trinajstić information content (AvgIpc) is 3.45. The van der Waals surface area contributed by atoms with Crippen molar-refractivity contribution in [2.45, 2.75) is 25.7 Å². The first-order valence-electron chi connectivity index (χ1n) is 16.8. The van der Waals surface area contributed by atoms with Gasteiger partial charge in [-0.2, -0.15) is 0 Å². The lowest BCUT2D eigenvalue weighted by Crippen LogP contribution is -2.07. The maximum Gasteiger partial charge on any atom is 0.0358 e. The van der Waals surface area contributed by atoms with Gasteiger partial charge in [0.15, 0.2) is 0 Å². The molecule has 0 aliphatic heterocycles. The van der Waals surface area contributed by atoms with Crippen molar-refractivity contribution < 1.29 is 0 Å². The van der Waals surface area contributed by atoms with Crippen LogP contribution in [0.2, 0.25) is 0 Å². The molecule has 1 heteroatoms. The smallest absolute Gasteiger partial charge is 0.0358 e. The van der Waals surface area contributed by atoms with Gasteiger partial charge in [0.05, 0.1) is 0 Å². The van der Waals surface area contributed by atoms with E-state index in [9.17, 15) is 0 Å². The van der Waals surface area contributed by atoms with Crippen molar-refractivity contribution >= 4 is 63.8 Å². The summed E-state index contributed by atoms with van der Waals surface area (Å²) in [6, 6.07) is 51.0. The molecule has 0 atom stereocenters. The number of benzene rings is 8. The van der Waals surface area contributed by atoms with Crippen LogP contribution in [0.4, 0.5) is 0 Å². The van der Waals surface area contributed by atoms with Crippen LogP contribution in [0.1, 0.15) is 22.3 Å². The molecule has 0 N–H and O–H groups in total. The third kappa shape index (κ3) is 3.69. The molecule has 2 aliphatic carbocycles. The molecule has 8 aromatic carbocycles. The van der Waals surface area contributed by atoms with E-state index >= 15 is 0 Å². The second kappa shape index (κ2) is 9.64.